The molecular formula is C19H22FNO4S. The molecule has 7 heteroatoms. The predicted molar refractivity (Wildman–Crippen MR) is 96.3 cm³/mol. The number of morpholine rings is 1. The molecule has 0 aliphatic carbocycles. The highest BCUT2D eigenvalue weighted by molar-refractivity contribution is 7.89. The number of ether oxygens (including phenoxy) is 2. The molecule has 1 atom stereocenters. The number of rotatable bonds is 4. The topological polar surface area (TPSA) is 55.8 Å². The van der Waals surface area contributed by atoms with Gasteiger partial charge in [0, 0.05) is 13.1 Å². The van der Waals surface area contributed by atoms with E-state index in [0.717, 1.165) is 5.56 Å². The maximum Gasteiger partial charge on any atom is 0.243 e. The molecule has 0 radical (unpaired) electrons. The van der Waals surface area contributed by atoms with Gasteiger partial charge in [0.15, 0.2) is 0 Å². The summed E-state index contributed by atoms with van der Waals surface area (Å²) >= 11 is 0. The first-order valence-electron chi connectivity index (χ1n) is 8.35. The van der Waals surface area contributed by atoms with Crippen LogP contribution >= 0.6 is 0 Å². The molecular weight excluding hydrogens is 357 g/mol. The Morgan fingerprint density at radius 3 is 2.35 bits per heavy atom. The molecule has 1 aliphatic rings. The SMILES string of the molecule is COc1cc(C)c(S(=O)(=O)N2CCOC(c3ccc(F)cc3)C2)c(C)c1. The Balaban J connectivity index is 1.91. The van der Waals surface area contributed by atoms with Gasteiger partial charge in [-0.15, -0.1) is 0 Å². The summed E-state index contributed by atoms with van der Waals surface area (Å²) in [7, 11) is -2.12. The summed E-state index contributed by atoms with van der Waals surface area (Å²) in [6.07, 6.45) is -0.419. The third-order valence-electron chi connectivity index (χ3n) is 4.54. The van der Waals surface area contributed by atoms with Crippen molar-refractivity contribution in [3.05, 3.63) is 58.9 Å². The lowest BCUT2D eigenvalue weighted by molar-refractivity contribution is -0.00260. The molecule has 0 N–H and O–H groups in total. The van der Waals surface area contributed by atoms with E-state index >= 15 is 0 Å². The van der Waals surface area contributed by atoms with Crippen molar-refractivity contribution in [3.8, 4) is 5.75 Å². The van der Waals surface area contributed by atoms with Crippen molar-refractivity contribution in [2.24, 2.45) is 0 Å². The first kappa shape index (κ1) is 18.8. The molecule has 0 aromatic heterocycles. The zero-order chi connectivity index (χ0) is 18.9. The summed E-state index contributed by atoms with van der Waals surface area (Å²) in [6, 6.07) is 9.39. The van der Waals surface area contributed by atoms with Gasteiger partial charge in [-0.05, 0) is 54.8 Å². The largest absolute Gasteiger partial charge is 0.497 e. The molecule has 0 bridgehead atoms. The fourth-order valence-electron chi connectivity index (χ4n) is 3.29. The third-order valence-corrected chi connectivity index (χ3v) is 6.71. The lowest BCUT2D eigenvalue weighted by Crippen LogP contribution is -2.42. The molecule has 2 aromatic carbocycles. The van der Waals surface area contributed by atoms with E-state index in [1.165, 1.54) is 16.4 Å². The summed E-state index contributed by atoms with van der Waals surface area (Å²) in [5, 5.41) is 0. The van der Waals surface area contributed by atoms with Crippen LogP contribution in [-0.2, 0) is 14.8 Å². The van der Waals surface area contributed by atoms with Crippen LogP contribution in [0.3, 0.4) is 0 Å². The van der Waals surface area contributed by atoms with Gasteiger partial charge >= 0.3 is 0 Å². The van der Waals surface area contributed by atoms with Gasteiger partial charge < -0.3 is 9.47 Å². The lowest BCUT2D eigenvalue weighted by atomic mass is 10.1. The van der Waals surface area contributed by atoms with E-state index in [1.54, 1.807) is 45.2 Å². The Kier molecular flexibility index (Phi) is 5.32. The smallest absolute Gasteiger partial charge is 0.243 e. The van der Waals surface area contributed by atoms with Crippen molar-refractivity contribution in [2.45, 2.75) is 24.8 Å². The number of hydrogen-bond donors (Lipinski definition) is 0. The van der Waals surface area contributed by atoms with E-state index in [0.29, 0.717) is 21.8 Å². The Morgan fingerprint density at radius 1 is 1.15 bits per heavy atom. The molecule has 0 amide bonds. The van der Waals surface area contributed by atoms with Gasteiger partial charge in [0.1, 0.15) is 11.6 Å². The Bertz CT molecular complexity index is 873. The zero-order valence-electron chi connectivity index (χ0n) is 15.0. The van der Waals surface area contributed by atoms with Gasteiger partial charge in [-0.2, -0.15) is 4.31 Å². The molecule has 1 aliphatic heterocycles. The van der Waals surface area contributed by atoms with Crippen molar-refractivity contribution >= 4 is 10.0 Å². The van der Waals surface area contributed by atoms with Crippen LogP contribution in [-0.4, -0.2) is 39.5 Å². The second kappa shape index (κ2) is 7.34. The minimum atomic E-state index is -3.67. The van der Waals surface area contributed by atoms with E-state index in [4.69, 9.17) is 9.47 Å². The van der Waals surface area contributed by atoms with Crippen molar-refractivity contribution in [2.75, 3.05) is 26.8 Å². The first-order chi connectivity index (χ1) is 12.3. The number of nitrogens with zero attached hydrogens (tertiary/aromatic N) is 1. The third kappa shape index (κ3) is 3.60. The standard InChI is InChI=1S/C19H22FNO4S/c1-13-10-17(24-3)11-14(2)19(13)26(22,23)21-8-9-25-18(12-21)15-4-6-16(20)7-5-15/h4-7,10-11,18H,8-9,12H2,1-3H3. The van der Waals surface area contributed by atoms with Crippen LogP contribution in [0, 0.1) is 19.7 Å². The van der Waals surface area contributed by atoms with Crippen LogP contribution in [0.15, 0.2) is 41.3 Å². The fraction of sp³-hybridized carbons (Fsp3) is 0.368. The van der Waals surface area contributed by atoms with Crippen LogP contribution in [0.1, 0.15) is 22.8 Å². The molecule has 5 nitrogen and oxygen atoms in total. The second-order valence-electron chi connectivity index (χ2n) is 6.36. The fourth-order valence-corrected chi connectivity index (χ4v) is 5.12. The van der Waals surface area contributed by atoms with Gasteiger partial charge in [0.2, 0.25) is 10.0 Å². The zero-order valence-corrected chi connectivity index (χ0v) is 15.8. The van der Waals surface area contributed by atoms with E-state index in [9.17, 15) is 12.8 Å². The molecule has 0 saturated carbocycles. The van der Waals surface area contributed by atoms with Gasteiger partial charge in [-0.3, -0.25) is 0 Å². The average Bonchev–Trinajstić information content (AvgIpc) is 2.61. The van der Waals surface area contributed by atoms with Crippen LogP contribution in [0.4, 0.5) is 4.39 Å². The lowest BCUT2D eigenvalue weighted by Gasteiger charge is -2.33. The summed E-state index contributed by atoms with van der Waals surface area (Å²) in [5.74, 6) is 0.295. The van der Waals surface area contributed by atoms with Crippen molar-refractivity contribution < 1.29 is 22.3 Å². The number of aryl methyl sites for hydroxylation is 2. The van der Waals surface area contributed by atoms with Crippen LogP contribution < -0.4 is 4.74 Å². The number of halogens is 1. The normalized spacial score (nSPS) is 18.7. The quantitative estimate of drug-likeness (QED) is 0.819. The molecule has 3 rings (SSSR count). The predicted octanol–water partition coefficient (Wildman–Crippen LogP) is 3.21. The highest BCUT2D eigenvalue weighted by atomic mass is 32.2. The van der Waals surface area contributed by atoms with E-state index < -0.39 is 16.1 Å². The van der Waals surface area contributed by atoms with Crippen LogP contribution in [0.2, 0.25) is 0 Å². The maximum atomic E-state index is 13.2. The van der Waals surface area contributed by atoms with Crippen molar-refractivity contribution in [3.63, 3.8) is 0 Å². The molecule has 2 aromatic rings. The summed E-state index contributed by atoms with van der Waals surface area (Å²) < 4.78 is 52.0. The summed E-state index contributed by atoms with van der Waals surface area (Å²) in [4.78, 5) is 0.304. The molecule has 0 spiro atoms. The molecule has 140 valence electrons. The molecule has 1 fully saturated rings. The Labute approximate surface area is 153 Å². The molecule has 26 heavy (non-hydrogen) atoms. The monoisotopic (exact) mass is 379 g/mol. The second-order valence-corrected chi connectivity index (χ2v) is 8.24. The number of hydrogen-bond acceptors (Lipinski definition) is 4. The van der Waals surface area contributed by atoms with Crippen LogP contribution in [0.5, 0.6) is 5.75 Å². The molecule has 1 heterocycles. The van der Waals surface area contributed by atoms with E-state index in [2.05, 4.69) is 0 Å². The number of sulfonamides is 1. The number of benzene rings is 2. The first-order valence-corrected chi connectivity index (χ1v) is 9.79. The van der Waals surface area contributed by atoms with Crippen LogP contribution in [0.25, 0.3) is 0 Å². The minimum absolute atomic E-state index is 0.193. The Hall–Kier alpha value is -1.96. The number of methoxy groups -OCH3 is 1. The summed E-state index contributed by atoms with van der Waals surface area (Å²) in [5.41, 5.74) is 2.05. The minimum Gasteiger partial charge on any atom is -0.497 e. The highest BCUT2D eigenvalue weighted by Crippen LogP contribution is 2.31. The van der Waals surface area contributed by atoms with Crippen molar-refractivity contribution in [1.82, 2.24) is 4.31 Å². The highest BCUT2D eigenvalue weighted by Gasteiger charge is 2.33. The Morgan fingerprint density at radius 2 is 1.77 bits per heavy atom. The van der Waals surface area contributed by atoms with Gasteiger partial charge in [0.05, 0.1) is 24.7 Å². The van der Waals surface area contributed by atoms with E-state index in [-0.39, 0.29) is 25.5 Å². The maximum absolute atomic E-state index is 13.2. The van der Waals surface area contributed by atoms with Crippen molar-refractivity contribution in [1.29, 1.82) is 0 Å². The average molecular weight is 379 g/mol. The van der Waals surface area contributed by atoms with Gasteiger partial charge in [-0.1, -0.05) is 12.1 Å². The van der Waals surface area contributed by atoms with E-state index in [1.807, 2.05) is 0 Å². The molecule has 1 unspecified atom stereocenters. The molecule has 1 saturated heterocycles. The van der Waals surface area contributed by atoms with Gasteiger partial charge in [0.25, 0.3) is 0 Å². The van der Waals surface area contributed by atoms with Gasteiger partial charge in [-0.25, -0.2) is 12.8 Å². The summed E-state index contributed by atoms with van der Waals surface area (Å²) in [6.45, 7) is 4.29.